The number of anilines is 1. The van der Waals surface area contributed by atoms with Crippen LogP contribution in [0.2, 0.25) is 0 Å². The van der Waals surface area contributed by atoms with Gasteiger partial charge in [-0.3, -0.25) is 0 Å². The lowest BCUT2D eigenvalue weighted by atomic mass is 9.95. The third-order valence-corrected chi connectivity index (χ3v) is 2.69. The third-order valence-electron chi connectivity index (χ3n) is 2.02. The summed E-state index contributed by atoms with van der Waals surface area (Å²) in [5.41, 5.74) is 1.04. The Kier molecular flexibility index (Phi) is 4.19. The second kappa shape index (κ2) is 4.98. The maximum atomic E-state index is 9.09. The zero-order valence-electron chi connectivity index (χ0n) is 8.55. The number of hydrogen-bond donors (Lipinski definition) is 2. The van der Waals surface area contributed by atoms with Crippen LogP contribution in [-0.2, 0) is 0 Å². The fraction of sp³-hybridized carbons (Fsp3) is 0.455. The molecule has 0 aliphatic heterocycles. The van der Waals surface area contributed by atoms with Crippen LogP contribution in [0.15, 0.2) is 24.3 Å². The van der Waals surface area contributed by atoms with E-state index < -0.39 is 0 Å². The highest BCUT2D eigenvalue weighted by atomic mass is 127. The SMILES string of the molecule is CC(C)(CO)CNc1cccc(I)c1. The summed E-state index contributed by atoms with van der Waals surface area (Å²) in [4.78, 5) is 0. The van der Waals surface area contributed by atoms with Gasteiger partial charge in [0.2, 0.25) is 0 Å². The maximum Gasteiger partial charge on any atom is 0.0498 e. The topological polar surface area (TPSA) is 32.3 Å². The zero-order valence-corrected chi connectivity index (χ0v) is 10.7. The van der Waals surface area contributed by atoms with E-state index in [1.165, 1.54) is 3.57 Å². The van der Waals surface area contributed by atoms with Crippen molar-refractivity contribution >= 4 is 28.3 Å². The molecule has 1 aromatic rings. The molecule has 78 valence electrons. The number of benzene rings is 1. The van der Waals surface area contributed by atoms with Gasteiger partial charge in [-0.25, -0.2) is 0 Å². The van der Waals surface area contributed by atoms with Crippen LogP contribution in [0, 0.1) is 8.99 Å². The molecule has 0 unspecified atom stereocenters. The summed E-state index contributed by atoms with van der Waals surface area (Å²) in [6.07, 6.45) is 0. The summed E-state index contributed by atoms with van der Waals surface area (Å²) >= 11 is 2.29. The molecule has 0 amide bonds. The standard InChI is InChI=1S/C11H16INO/c1-11(2,8-14)7-13-10-5-3-4-9(12)6-10/h3-6,13-14H,7-8H2,1-2H3. The zero-order chi connectivity index (χ0) is 10.6. The summed E-state index contributed by atoms with van der Waals surface area (Å²) in [6.45, 7) is 5.05. The second-order valence-electron chi connectivity index (χ2n) is 4.19. The van der Waals surface area contributed by atoms with Gasteiger partial charge in [-0.05, 0) is 40.8 Å². The highest BCUT2D eigenvalue weighted by Crippen LogP contribution is 2.17. The van der Waals surface area contributed by atoms with Crippen molar-refractivity contribution in [1.29, 1.82) is 0 Å². The van der Waals surface area contributed by atoms with Gasteiger partial charge in [0, 0.05) is 27.8 Å². The van der Waals surface area contributed by atoms with E-state index in [1.54, 1.807) is 0 Å². The number of aliphatic hydroxyl groups excluding tert-OH is 1. The van der Waals surface area contributed by atoms with Crippen LogP contribution in [0.4, 0.5) is 5.69 Å². The Labute approximate surface area is 98.9 Å². The number of hydrogen-bond acceptors (Lipinski definition) is 2. The monoisotopic (exact) mass is 305 g/mol. The van der Waals surface area contributed by atoms with E-state index >= 15 is 0 Å². The minimum Gasteiger partial charge on any atom is -0.396 e. The summed E-state index contributed by atoms with van der Waals surface area (Å²) < 4.78 is 1.22. The fourth-order valence-corrected chi connectivity index (χ4v) is 1.54. The maximum absolute atomic E-state index is 9.09. The van der Waals surface area contributed by atoms with E-state index in [4.69, 9.17) is 5.11 Å². The molecule has 0 saturated heterocycles. The van der Waals surface area contributed by atoms with Crippen molar-refractivity contribution in [1.82, 2.24) is 0 Å². The van der Waals surface area contributed by atoms with Crippen LogP contribution in [-0.4, -0.2) is 18.3 Å². The molecule has 2 nitrogen and oxygen atoms in total. The van der Waals surface area contributed by atoms with E-state index in [9.17, 15) is 0 Å². The average Bonchev–Trinajstić information content (AvgIpc) is 2.15. The first-order valence-corrected chi connectivity index (χ1v) is 5.72. The Bertz CT molecular complexity index is 299. The van der Waals surface area contributed by atoms with Crippen LogP contribution < -0.4 is 5.32 Å². The van der Waals surface area contributed by atoms with Crippen LogP contribution >= 0.6 is 22.6 Å². The summed E-state index contributed by atoms with van der Waals surface area (Å²) in [7, 11) is 0. The molecular formula is C11H16INO. The quantitative estimate of drug-likeness (QED) is 0.838. The van der Waals surface area contributed by atoms with E-state index in [1.807, 2.05) is 26.0 Å². The van der Waals surface area contributed by atoms with Crippen LogP contribution in [0.5, 0.6) is 0 Å². The van der Waals surface area contributed by atoms with Gasteiger partial charge in [0.05, 0.1) is 0 Å². The molecule has 0 bridgehead atoms. The predicted octanol–water partition coefficient (Wildman–Crippen LogP) is 2.72. The first-order chi connectivity index (χ1) is 6.53. The Morgan fingerprint density at radius 3 is 2.71 bits per heavy atom. The van der Waals surface area contributed by atoms with Gasteiger partial charge in [0.25, 0.3) is 0 Å². The van der Waals surface area contributed by atoms with Gasteiger partial charge < -0.3 is 10.4 Å². The molecule has 2 N–H and O–H groups in total. The summed E-state index contributed by atoms with van der Waals surface area (Å²) in [5.74, 6) is 0. The van der Waals surface area contributed by atoms with Crippen molar-refractivity contribution in [3.63, 3.8) is 0 Å². The van der Waals surface area contributed by atoms with Gasteiger partial charge in [-0.1, -0.05) is 19.9 Å². The first kappa shape index (κ1) is 11.8. The van der Waals surface area contributed by atoms with Gasteiger partial charge >= 0.3 is 0 Å². The predicted molar refractivity (Wildman–Crippen MR) is 68.5 cm³/mol. The largest absolute Gasteiger partial charge is 0.396 e. The van der Waals surface area contributed by atoms with Crippen LogP contribution in [0.1, 0.15) is 13.8 Å². The molecule has 14 heavy (non-hydrogen) atoms. The Morgan fingerprint density at radius 1 is 1.43 bits per heavy atom. The molecule has 0 radical (unpaired) electrons. The Balaban J connectivity index is 2.54. The molecule has 0 atom stereocenters. The molecule has 1 rings (SSSR count). The number of rotatable bonds is 4. The van der Waals surface area contributed by atoms with Crippen molar-refractivity contribution in [2.75, 3.05) is 18.5 Å². The highest BCUT2D eigenvalue weighted by molar-refractivity contribution is 14.1. The molecule has 3 heteroatoms. The first-order valence-electron chi connectivity index (χ1n) is 4.64. The van der Waals surface area contributed by atoms with Crippen molar-refractivity contribution in [3.05, 3.63) is 27.8 Å². The van der Waals surface area contributed by atoms with E-state index in [2.05, 4.69) is 40.0 Å². The van der Waals surface area contributed by atoms with Gasteiger partial charge in [0.1, 0.15) is 0 Å². The molecule has 0 spiro atoms. The van der Waals surface area contributed by atoms with Crippen LogP contribution in [0.25, 0.3) is 0 Å². The van der Waals surface area contributed by atoms with E-state index in [0.717, 1.165) is 12.2 Å². The lowest BCUT2D eigenvalue weighted by Gasteiger charge is -2.22. The minimum absolute atomic E-state index is 0.0682. The molecule has 0 heterocycles. The van der Waals surface area contributed by atoms with Gasteiger partial charge in [-0.2, -0.15) is 0 Å². The van der Waals surface area contributed by atoms with Gasteiger partial charge in [0.15, 0.2) is 0 Å². The lowest BCUT2D eigenvalue weighted by molar-refractivity contribution is 0.171. The fourth-order valence-electron chi connectivity index (χ4n) is 0.996. The van der Waals surface area contributed by atoms with Crippen LogP contribution in [0.3, 0.4) is 0 Å². The van der Waals surface area contributed by atoms with Gasteiger partial charge in [-0.15, -0.1) is 0 Å². The summed E-state index contributed by atoms with van der Waals surface area (Å²) in [6, 6.07) is 8.21. The number of aliphatic hydroxyl groups is 1. The molecule has 0 aliphatic rings. The minimum atomic E-state index is -0.0682. The normalized spacial score (nSPS) is 11.4. The number of halogens is 1. The van der Waals surface area contributed by atoms with E-state index in [-0.39, 0.29) is 12.0 Å². The second-order valence-corrected chi connectivity index (χ2v) is 5.43. The highest BCUT2D eigenvalue weighted by Gasteiger charge is 2.15. The Morgan fingerprint density at radius 2 is 2.14 bits per heavy atom. The van der Waals surface area contributed by atoms with E-state index in [0.29, 0.717) is 0 Å². The molecule has 1 aromatic carbocycles. The number of nitrogens with one attached hydrogen (secondary N) is 1. The van der Waals surface area contributed by atoms with Crippen molar-refractivity contribution in [3.8, 4) is 0 Å². The van der Waals surface area contributed by atoms with Crippen molar-refractivity contribution < 1.29 is 5.11 Å². The third kappa shape index (κ3) is 3.84. The smallest absolute Gasteiger partial charge is 0.0498 e. The average molecular weight is 305 g/mol. The molecule has 0 fully saturated rings. The molecule has 0 aliphatic carbocycles. The van der Waals surface area contributed by atoms with Crippen molar-refractivity contribution in [2.45, 2.75) is 13.8 Å². The lowest BCUT2D eigenvalue weighted by Crippen LogP contribution is -2.26. The molecular weight excluding hydrogens is 289 g/mol. The summed E-state index contributed by atoms with van der Waals surface area (Å²) in [5, 5.41) is 12.4. The van der Waals surface area contributed by atoms with Crippen molar-refractivity contribution in [2.24, 2.45) is 5.41 Å². The Hall–Kier alpha value is -0.290. The molecule has 0 saturated carbocycles. The molecule has 0 aromatic heterocycles.